The van der Waals surface area contributed by atoms with Gasteiger partial charge in [-0.2, -0.15) is 0 Å². The molecule has 0 atom stereocenters. The van der Waals surface area contributed by atoms with Gasteiger partial charge in [-0.25, -0.2) is 4.79 Å². The first kappa shape index (κ1) is 16.9. The minimum Gasteiger partial charge on any atom is -0.492 e. The van der Waals surface area contributed by atoms with Crippen LogP contribution in [0, 0.1) is 0 Å². The van der Waals surface area contributed by atoms with Crippen molar-refractivity contribution in [3.8, 4) is 5.75 Å². The molecule has 0 aliphatic carbocycles. The Balaban J connectivity index is 2.59. The van der Waals surface area contributed by atoms with Gasteiger partial charge in [0.1, 0.15) is 12.4 Å². The number of esters is 1. The van der Waals surface area contributed by atoms with Crippen molar-refractivity contribution in [3.63, 3.8) is 0 Å². The summed E-state index contributed by atoms with van der Waals surface area (Å²) in [6, 6.07) is 5.16. The number of benzene rings is 1. The van der Waals surface area contributed by atoms with Gasteiger partial charge in [0, 0.05) is 17.6 Å². The van der Waals surface area contributed by atoms with E-state index in [4.69, 9.17) is 14.6 Å². The maximum absolute atomic E-state index is 11.7. The Bertz CT molecular complexity index is 439. The van der Waals surface area contributed by atoms with E-state index in [1.54, 1.807) is 25.1 Å². The lowest BCUT2D eigenvalue weighted by molar-refractivity contribution is 0.0525. The molecule has 0 saturated heterocycles. The first-order chi connectivity index (χ1) is 9.56. The van der Waals surface area contributed by atoms with Gasteiger partial charge in [0.05, 0.1) is 18.8 Å². The predicted octanol–water partition coefficient (Wildman–Crippen LogP) is 1.93. The van der Waals surface area contributed by atoms with Gasteiger partial charge in [0.15, 0.2) is 0 Å². The minimum absolute atomic E-state index is 0.125. The number of carbonyl (C=O) groups excluding carboxylic acids is 1. The Morgan fingerprint density at radius 3 is 2.75 bits per heavy atom. The van der Waals surface area contributed by atoms with Crippen LogP contribution in [0.15, 0.2) is 22.7 Å². The molecule has 6 heteroatoms. The van der Waals surface area contributed by atoms with Crippen molar-refractivity contribution >= 4 is 21.9 Å². The Kier molecular flexibility index (Phi) is 7.58. The lowest BCUT2D eigenvalue weighted by atomic mass is 10.2. The van der Waals surface area contributed by atoms with Gasteiger partial charge in [-0.05, 0) is 32.2 Å². The molecule has 0 amide bonds. The fraction of sp³-hybridized carbons (Fsp3) is 0.500. The van der Waals surface area contributed by atoms with Crippen LogP contribution in [0.3, 0.4) is 0 Å². The van der Waals surface area contributed by atoms with Gasteiger partial charge in [0.25, 0.3) is 0 Å². The number of likely N-dealkylation sites (N-methyl/N-ethyl adjacent to an activating group) is 1. The standard InChI is InChI=1S/C14H20BrNO4/c1-3-19-14(18)11-8-12(15)10-13(9-11)20-7-5-16(2)4-6-17/h8-10,17H,3-7H2,1-2H3. The number of nitrogens with zero attached hydrogens (tertiary/aromatic N) is 1. The molecule has 0 saturated carbocycles. The Hall–Kier alpha value is -1.11. The average Bonchev–Trinajstić information content (AvgIpc) is 2.38. The fourth-order valence-electron chi connectivity index (χ4n) is 1.58. The van der Waals surface area contributed by atoms with Gasteiger partial charge in [-0.1, -0.05) is 15.9 Å². The summed E-state index contributed by atoms with van der Waals surface area (Å²) in [5.41, 5.74) is 0.458. The van der Waals surface area contributed by atoms with Crippen LogP contribution in [0.4, 0.5) is 0 Å². The SMILES string of the molecule is CCOC(=O)c1cc(Br)cc(OCCN(C)CCO)c1. The molecular formula is C14H20BrNO4. The smallest absolute Gasteiger partial charge is 0.338 e. The highest BCUT2D eigenvalue weighted by molar-refractivity contribution is 9.10. The molecule has 0 bridgehead atoms. The van der Waals surface area contributed by atoms with Crippen LogP contribution in [0.5, 0.6) is 5.75 Å². The predicted molar refractivity (Wildman–Crippen MR) is 80.2 cm³/mol. The van der Waals surface area contributed by atoms with E-state index in [0.29, 0.717) is 37.6 Å². The maximum atomic E-state index is 11.7. The van der Waals surface area contributed by atoms with Crippen molar-refractivity contribution in [2.24, 2.45) is 0 Å². The molecule has 0 spiro atoms. The fourth-order valence-corrected chi connectivity index (χ4v) is 2.05. The highest BCUT2D eigenvalue weighted by Gasteiger charge is 2.09. The molecule has 0 radical (unpaired) electrons. The molecule has 0 unspecified atom stereocenters. The minimum atomic E-state index is -0.365. The molecule has 1 N–H and O–H groups in total. The average molecular weight is 346 g/mol. The number of hydrogen-bond acceptors (Lipinski definition) is 5. The Morgan fingerprint density at radius 2 is 2.10 bits per heavy atom. The molecule has 0 fully saturated rings. The van der Waals surface area contributed by atoms with Gasteiger partial charge < -0.3 is 19.5 Å². The van der Waals surface area contributed by atoms with Crippen molar-refractivity contribution in [1.82, 2.24) is 4.90 Å². The summed E-state index contributed by atoms with van der Waals surface area (Å²) in [5, 5.41) is 8.80. The number of carbonyl (C=O) groups is 1. The van der Waals surface area contributed by atoms with Crippen LogP contribution >= 0.6 is 15.9 Å². The zero-order chi connectivity index (χ0) is 15.0. The quantitative estimate of drug-likeness (QED) is 0.729. The molecule has 112 valence electrons. The number of aliphatic hydroxyl groups excluding tert-OH is 1. The number of hydrogen-bond donors (Lipinski definition) is 1. The normalized spacial score (nSPS) is 10.7. The van der Waals surface area contributed by atoms with E-state index >= 15 is 0 Å². The first-order valence-electron chi connectivity index (χ1n) is 6.46. The molecular weight excluding hydrogens is 326 g/mol. The number of aliphatic hydroxyl groups is 1. The summed E-state index contributed by atoms with van der Waals surface area (Å²) in [5.74, 6) is 0.246. The van der Waals surface area contributed by atoms with Gasteiger partial charge in [0.2, 0.25) is 0 Å². The molecule has 0 aromatic heterocycles. The van der Waals surface area contributed by atoms with Crippen LogP contribution in [-0.2, 0) is 4.74 Å². The van der Waals surface area contributed by atoms with Crippen LogP contribution in [0.2, 0.25) is 0 Å². The van der Waals surface area contributed by atoms with E-state index in [1.807, 2.05) is 11.9 Å². The molecule has 5 nitrogen and oxygen atoms in total. The number of ether oxygens (including phenoxy) is 2. The first-order valence-corrected chi connectivity index (χ1v) is 7.26. The summed E-state index contributed by atoms with van der Waals surface area (Å²) >= 11 is 3.35. The second-order valence-electron chi connectivity index (χ2n) is 4.27. The highest BCUT2D eigenvalue weighted by Crippen LogP contribution is 2.22. The third kappa shape index (κ3) is 5.90. The van der Waals surface area contributed by atoms with E-state index in [0.717, 1.165) is 4.47 Å². The molecule has 1 aromatic rings. The van der Waals surface area contributed by atoms with Crippen molar-refractivity contribution < 1.29 is 19.4 Å². The zero-order valence-electron chi connectivity index (χ0n) is 11.8. The summed E-state index contributed by atoms with van der Waals surface area (Å²) in [4.78, 5) is 13.6. The van der Waals surface area contributed by atoms with Crippen LogP contribution < -0.4 is 4.74 Å². The number of halogens is 1. The van der Waals surface area contributed by atoms with Crippen molar-refractivity contribution in [3.05, 3.63) is 28.2 Å². The second kappa shape index (κ2) is 8.94. The Morgan fingerprint density at radius 1 is 1.35 bits per heavy atom. The lowest BCUT2D eigenvalue weighted by Crippen LogP contribution is -2.27. The molecule has 0 heterocycles. The molecule has 1 aromatic carbocycles. The maximum Gasteiger partial charge on any atom is 0.338 e. The van der Waals surface area contributed by atoms with Crippen molar-refractivity contribution in [1.29, 1.82) is 0 Å². The summed E-state index contributed by atoms with van der Waals surface area (Å²) in [6.45, 7) is 4.02. The molecule has 0 aliphatic rings. The van der Waals surface area contributed by atoms with E-state index in [1.165, 1.54) is 0 Å². The van der Waals surface area contributed by atoms with Crippen molar-refractivity contribution in [2.75, 3.05) is 40.0 Å². The van der Waals surface area contributed by atoms with Gasteiger partial charge >= 0.3 is 5.97 Å². The van der Waals surface area contributed by atoms with Crippen molar-refractivity contribution in [2.45, 2.75) is 6.92 Å². The van der Waals surface area contributed by atoms with Crippen LogP contribution in [0.1, 0.15) is 17.3 Å². The summed E-state index contributed by atoms with van der Waals surface area (Å²) < 4.78 is 11.3. The van der Waals surface area contributed by atoms with Crippen LogP contribution in [0.25, 0.3) is 0 Å². The van der Waals surface area contributed by atoms with E-state index in [2.05, 4.69) is 15.9 Å². The second-order valence-corrected chi connectivity index (χ2v) is 5.19. The van der Waals surface area contributed by atoms with Gasteiger partial charge in [-0.15, -0.1) is 0 Å². The molecule has 20 heavy (non-hydrogen) atoms. The largest absolute Gasteiger partial charge is 0.492 e. The highest BCUT2D eigenvalue weighted by atomic mass is 79.9. The molecule has 1 rings (SSSR count). The van der Waals surface area contributed by atoms with E-state index < -0.39 is 0 Å². The third-order valence-electron chi connectivity index (χ3n) is 2.61. The monoisotopic (exact) mass is 345 g/mol. The lowest BCUT2D eigenvalue weighted by Gasteiger charge is -2.15. The topological polar surface area (TPSA) is 59.0 Å². The van der Waals surface area contributed by atoms with E-state index in [-0.39, 0.29) is 12.6 Å². The summed E-state index contributed by atoms with van der Waals surface area (Å²) in [7, 11) is 1.91. The molecule has 0 aliphatic heterocycles. The summed E-state index contributed by atoms with van der Waals surface area (Å²) in [6.07, 6.45) is 0. The Labute approximate surface area is 127 Å². The van der Waals surface area contributed by atoms with Crippen LogP contribution in [-0.4, -0.2) is 55.9 Å². The zero-order valence-corrected chi connectivity index (χ0v) is 13.4. The number of rotatable bonds is 8. The third-order valence-corrected chi connectivity index (χ3v) is 3.06. The van der Waals surface area contributed by atoms with E-state index in [9.17, 15) is 4.79 Å². The van der Waals surface area contributed by atoms with Gasteiger partial charge in [-0.3, -0.25) is 0 Å².